The van der Waals surface area contributed by atoms with E-state index < -0.39 is 15.7 Å². The lowest BCUT2D eigenvalue weighted by Gasteiger charge is -2.08. The van der Waals surface area contributed by atoms with E-state index in [4.69, 9.17) is 39.5 Å². The van der Waals surface area contributed by atoms with E-state index >= 15 is 0 Å². The number of carbonyl (C=O) groups excluding carboxylic acids is 3. The fraction of sp³-hybridized carbons (Fsp3) is 0. The SMILES string of the molecule is O=C(Cl)c1ccc(Oc2cc(C(=O)Cl)cc(C(=O)Cl)c2)cc1. The number of halogens is 3. The van der Waals surface area contributed by atoms with Crippen LogP contribution >= 0.6 is 34.8 Å². The van der Waals surface area contributed by atoms with Gasteiger partial charge in [0, 0.05) is 16.7 Å². The van der Waals surface area contributed by atoms with Gasteiger partial charge in [-0.05, 0) is 77.3 Å². The first kappa shape index (κ1) is 16.5. The highest BCUT2D eigenvalue weighted by Crippen LogP contribution is 2.26. The molecular formula is C15H7Cl3O4. The number of hydrogen-bond donors (Lipinski definition) is 0. The second-order valence-corrected chi connectivity index (χ2v) is 5.22. The molecule has 0 aromatic heterocycles. The summed E-state index contributed by atoms with van der Waals surface area (Å²) in [6, 6.07) is 10.0. The van der Waals surface area contributed by atoms with Gasteiger partial charge in [0.1, 0.15) is 11.5 Å². The molecular weight excluding hydrogens is 351 g/mol. The summed E-state index contributed by atoms with van der Waals surface area (Å²) in [4.78, 5) is 33.5. The number of carbonyl (C=O) groups is 3. The summed E-state index contributed by atoms with van der Waals surface area (Å²) in [6.45, 7) is 0. The average Bonchev–Trinajstić information content (AvgIpc) is 2.47. The summed E-state index contributed by atoms with van der Waals surface area (Å²) in [5, 5.41) is -2.07. The molecule has 4 nitrogen and oxygen atoms in total. The predicted octanol–water partition coefficient (Wildman–Crippen LogP) is 4.62. The molecule has 0 N–H and O–H groups in total. The topological polar surface area (TPSA) is 60.4 Å². The predicted molar refractivity (Wildman–Crippen MR) is 83.5 cm³/mol. The molecule has 0 bridgehead atoms. The Labute approximate surface area is 140 Å². The maximum Gasteiger partial charge on any atom is 0.252 e. The summed E-state index contributed by atoms with van der Waals surface area (Å²) in [5.74, 6) is 0.592. The molecule has 0 atom stereocenters. The first-order valence-electron chi connectivity index (χ1n) is 5.89. The van der Waals surface area contributed by atoms with Crippen LogP contribution in [0.25, 0.3) is 0 Å². The van der Waals surface area contributed by atoms with Gasteiger partial charge >= 0.3 is 0 Å². The van der Waals surface area contributed by atoms with Crippen molar-refractivity contribution in [2.75, 3.05) is 0 Å². The minimum absolute atomic E-state index is 0.0794. The number of rotatable bonds is 5. The van der Waals surface area contributed by atoms with Crippen LogP contribution in [0, 0.1) is 0 Å². The van der Waals surface area contributed by atoms with Crippen molar-refractivity contribution in [3.63, 3.8) is 0 Å². The molecule has 112 valence electrons. The van der Waals surface area contributed by atoms with Crippen molar-refractivity contribution in [1.29, 1.82) is 0 Å². The van der Waals surface area contributed by atoms with Crippen LogP contribution in [0.2, 0.25) is 0 Å². The fourth-order valence-corrected chi connectivity index (χ4v) is 2.02. The Morgan fingerprint density at radius 3 is 1.50 bits per heavy atom. The summed E-state index contributed by atoms with van der Waals surface area (Å²) in [6.07, 6.45) is 0. The smallest absolute Gasteiger partial charge is 0.252 e. The molecule has 0 saturated carbocycles. The Morgan fingerprint density at radius 2 is 1.09 bits per heavy atom. The Hall–Kier alpha value is -1.88. The van der Waals surface area contributed by atoms with Crippen molar-refractivity contribution in [3.8, 4) is 11.5 Å². The Morgan fingerprint density at radius 1 is 0.636 bits per heavy atom. The van der Waals surface area contributed by atoms with Crippen LogP contribution in [0.5, 0.6) is 11.5 Å². The summed E-state index contributed by atoms with van der Waals surface area (Å²) in [5.41, 5.74) is 0.474. The van der Waals surface area contributed by atoms with Crippen molar-refractivity contribution < 1.29 is 19.1 Å². The van der Waals surface area contributed by atoms with Gasteiger partial charge in [0.05, 0.1) is 0 Å². The zero-order valence-electron chi connectivity index (χ0n) is 10.8. The molecule has 0 fully saturated rings. The van der Waals surface area contributed by atoms with Gasteiger partial charge in [-0.1, -0.05) is 0 Å². The van der Waals surface area contributed by atoms with E-state index in [0.717, 1.165) is 0 Å². The van der Waals surface area contributed by atoms with Gasteiger partial charge in [-0.2, -0.15) is 0 Å². The van der Waals surface area contributed by atoms with Crippen molar-refractivity contribution in [2.24, 2.45) is 0 Å². The van der Waals surface area contributed by atoms with E-state index in [2.05, 4.69) is 0 Å². The normalized spacial score (nSPS) is 10.1. The molecule has 2 aromatic rings. The van der Waals surface area contributed by atoms with Gasteiger partial charge < -0.3 is 4.74 Å². The molecule has 0 aliphatic carbocycles. The molecule has 2 rings (SSSR count). The van der Waals surface area contributed by atoms with E-state index in [1.165, 1.54) is 42.5 Å². The molecule has 7 heteroatoms. The third-order valence-corrected chi connectivity index (χ3v) is 3.33. The second-order valence-electron chi connectivity index (χ2n) is 4.19. The zero-order chi connectivity index (χ0) is 16.3. The number of hydrogen-bond acceptors (Lipinski definition) is 4. The summed E-state index contributed by atoms with van der Waals surface area (Å²) >= 11 is 16.2. The van der Waals surface area contributed by atoms with Crippen molar-refractivity contribution in [2.45, 2.75) is 0 Å². The van der Waals surface area contributed by atoms with Gasteiger partial charge in [0.15, 0.2) is 0 Å². The molecule has 0 unspecified atom stereocenters. The highest BCUT2D eigenvalue weighted by molar-refractivity contribution is 6.69. The van der Waals surface area contributed by atoms with E-state index in [0.29, 0.717) is 11.3 Å². The van der Waals surface area contributed by atoms with Gasteiger partial charge in [-0.3, -0.25) is 14.4 Å². The molecule has 22 heavy (non-hydrogen) atoms. The molecule has 0 aliphatic heterocycles. The van der Waals surface area contributed by atoms with Crippen LogP contribution in [0.1, 0.15) is 31.1 Å². The van der Waals surface area contributed by atoms with Crippen LogP contribution in [0.15, 0.2) is 42.5 Å². The zero-order valence-corrected chi connectivity index (χ0v) is 13.1. The molecule has 0 aliphatic rings. The van der Waals surface area contributed by atoms with Gasteiger partial charge in [0.2, 0.25) is 0 Å². The molecule has 2 aromatic carbocycles. The number of ether oxygens (including phenoxy) is 1. The highest BCUT2D eigenvalue weighted by Gasteiger charge is 2.12. The Kier molecular flexibility index (Phi) is 5.19. The minimum Gasteiger partial charge on any atom is -0.457 e. The third kappa shape index (κ3) is 4.07. The van der Waals surface area contributed by atoms with Crippen LogP contribution in [0.3, 0.4) is 0 Å². The largest absolute Gasteiger partial charge is 0.457 e. The quantitative estimate of drug-likeness (QED) is 0.733. The Bertz CT molecular complexity index is 722. The lowest BCUT2D eigenvalue weighted by molar-refractivity contribution is 0.107. The molecule has 0 heterocycles. The van der Waals surface area contributed by atoms with Crippen LogP contribution < -0.4 is 4.74 Å². The minimum atomic E-state index is -0.743. The first-order chi connectivity index (χ1) is 10.4. The van der Waals surface area contributed by atoms with E-state index in [9.17, 15) is 14.4 Å². The third-order valence-electron chi connectivity index (χ3n) is 2.68. The average molecular weight is 358 g/mol. The van der Waals surface area contributed by atoms with Crippen molar-refractivity contribution >= 4 is 50.5 Å². The van der Waals surface area contributed by atoms with Gasteiger partial charge in [-0.15, -0.1) is 0 Å². The first-order valence-corrected chi connectivity index (χ1v) is 7.02. The van der Waals surface area contributed by atoms with Crippen LogP contribution in [-0.4, -0.2) is 15.7 Å². The molecule has 0 spiro atoms. The van der Waals surface area contributed by atoms with E-state index in [-0.39, 0.29) is 16.9 Å². The fourth-order valence-electron chi connectivity index (χ4n) is 1.68. The monoisotopic (exact) mass is 356 g/mol. The van der Waals surface area contributed by atoms with Gasteiger partial charge in [0.25, 0.3) is 15.7 Å². The van der Waals surface area contributed by atoms with Crippen LogP contribution in [0.4, 0.5) is 0 Å². The highest BCUT2D eigenvalue weighted by atomic mass is 35.5. The number of benzene rings is 2. The molecule has 0 saturated heterocycles. The van der Waals surface area contributed by atoms with Crippen LogP contribution in [-0.2, 0) is 0 Å². The maximum absolute atomic E-state index is 11.2. The van der Waals surface area contributed by atoms with Crippen molar-refractivity contribution in [3.05, 3.63) is 59.2 Å². The second kappa shape index (κ2) is 6.92. The van der Waals surface area contributed by atoms with Crippen molar-refractivity contribution in [1.82, 2.24) is 0 Å². The lowest BCUT2D eigenvalue weighted by Crippen LogP contribution is -1.97. The molecule has 0 amide bonds. The Balaban J connectivity index is 2.33. The lowest BCUT2D eigenvalue weighted by atomic mass is 10.1. The summed E-state index contributed by atoms with van der Waals surface area (Å²) < 4.78 is 5.52. The summed E-state index contributed by atoms with van der Waals surface area (Å²) in [7, 11) is 0. The van der Waals surface area contributed by atoms with E-state index in [1.54, 1.807) is 0 Å². The maximum atomic E-state index is 11.2. The standard InChI is InChI=1S/C15H7Cl3O4/c16-13(19)8-1-3-11(4-2-8)22-12-6-9(14(17)20)5-10(7-12)15(18)21/h1-7H. The van der Waals surface area contributed by atoms with Gasteiger partial charge in [-0.25, -0.2) is 0 Å². The molecule has 0 radical (unpaired) electrons. The van der Waals surface area contributed by atoms with E-state index in [1.807, 2.05) is 0 Å².